The van der Waals surface area contributed by atoms with Gasteiger partial charge in [-0.3, -0.25) is 9.85 Å². The molecule has 2 aliphatic heterocycles. The fourth-order valence-corrected chi connectivity index (χ4v) is 5.33. The number of methoxy groups -OCH3 is 1. The molecule has 0 aromatic heterocycles. The smallest absolute Gasteiger partial charge is 0.433 e. The maximum atomic E-state index is 14.2. The van der Waals surface area contributed by atoms with Gasteiger partial charge in [0.05, 0.1) is 7.11 Å². The van der Waals surface area contributed by atoms with Crippen LogP contribution < -0.4 is 5.84 Å². The maximum Gasteiger partial charge on any atom is 0.433 e. The van der Waals surface area contributed by atoms with Gasteiger partial charge in [0, 0.05) is 50.3 Å². The van der Waals surface area contributed by atoms with Gasteiger partial charge in [0.25, 0.3) is 0 Å². The molecular weight excluding hydrogens is 503 g/mol. The van der Waals surface area contributed by atoms with Crippen molar-refractivity contribution in [3.63, 3.8) is 0 Å². The SMILES string of the molecule is CCN(O[C@@H](c1cc(F)cc(Cl)c1)C1CCCN(C(=O)N(N)CCCC2CCCCOC2)C1)C(=O)OC. The topological polar surface area (TPSA) is 97.6 Å². The van der Waals surface area contributed by atoms with E-state index in [0.717, 1.165) is 50.4 Å². The summed E-state index contributed by atoms with van der Waals surface area (Å²) >= 11 is 6.13. The van der Waals surface area contributed by atoms with Gasteiger partial charge in [-0.15, -0.1) is 0 Å². The van der Waals surface area contributed by atoms with Crippen LogP contribution >= 0.6 is 11.6 Å². The third kappa shape index (κ3) is 8.70. The van der Waals surface area contributed by atoms with Gasteiger partial charge in [0.2, 0.25) is 0 Å². The number of likely N-dealkylation sites (tertiary alicyclic amines) is 1. The molecule has 2 fully saturated rings. The number of hydroxylamine groups is 2. The van der Waals surface area contributed by atoms with Crippen molar-refractivity contribution in [1.82, 2.24) is 15.0 Å². The first kappa shape index (κ1) is 29.4. The van der Waals surface area contributed by atoms with Crippen LogP contribution in [0.3, 0.4) is 0 Å². The number of hydrazine groups is 1. The molecule has 3 rings (SSSR count). The Hall–Kier alpha value is -2.14. The number of hydrogen-bond donors (Lipinski definition) is 1. The Balaban J connectivity index is 1.66. The van der Waals surface area contributed by atoms with Gasteiger partial charge in [-0.05, 0) is 75.1 Å². The third-order valence-electron chi connectivity index (χ3n) is 7.04. The number of benzene rings is 1. The van der Waals surface area contributed by atoms with Crippen molar-refractivity contribution in [2.45, 2.75) is 58.0 Å². The molecule has 37 heavy (non-hydrogen) atoms. The van der Waals surface area contributed by atoms with E-state index in [0.29, 0.717) is 37.5 Å². The van der Waals surface area contributed by atoms with E-state index in [4.69, 9.17) is 31.8 Å². The van der Waals surface area contributed by atoms with E-state index in [9.17, 15) is 14.0 Å². The lowest BCUT2D eigenvalue weighted by molar-refractivity contribution is -0.193. The van der Waals surface area contributed by atoms with Crippen LogP contribution in [0.5, 0.6) is 0 Å². The lowest BCUT2D eigenvalue weighted by Crippen LogP contribution is -2.51. The highest BCUT2D eigenvalue weighted by Gasteiger charge is 2.35. The molecule has 208 valence electrons. The zero-order valence-corrected chi connectivity index (χ0v) is 22.6. The third-order valence-corrected chi connectivity index (χ3v) is 7.26. The molecule has 0 aliphatic carbocycles. The van der Waals surface area contributed by atoms with Crippen molar-refractivity contribution in [2.75, 3.05) is 46.5 Å². The standard InChI is InChI=1S/C26H40ClFN4O5/c1-3-32(26(34)35-2)37-24(21-14-22(27)16-23(28)15-21)20-10-7-11-30(17-20)25(33)31(29)12-6-9-19-8-4-5-13-36-18-19/h14-16,19-20,24H,3-13,17-18,29H2,1-2H3/t19?,20?,24-/m1/s1. The summed E-state index contributed by atoms with van der Waals surface area (Å²) < 4.78 is 24.7. The van der Waals surface area contributed by atoms with E-state index in [-0.39, 0.29) is 23.5 Å². The van der Waals surface area contributed by atoms with Gasteiger partial charge < -0.3 is 14.4 Å². The number of hydrogen-bond acceptors (Lipinski definition) is 6. The second-order valence-corrected chi connectivity index (χ2v) is 10.2. The molecule has 0 spiro atoms. The molecule has 9 nitrogen and oxygen atoms in total. The molecule has 1 aromatic rings. The lowest BCUT2D eigenvalue weighted by atomic mass is 9.88. The Labute approximate surface area is 223 Å². The molecule has 0 bridgehead atoms. The zero-order valence-electron chi connectivity index (χ0n) is 21.9. The lowest BCUT2D eigenvalue weighted by Gasteiger charge is -2.39. The number of ether oxygens (including phenoxy) is 2. The van der Waals surface area contributed by atoms with Crippen LogP contribution in [0, 0.1) is 17.7 Å². The second kappa shape index (κ2) is 14.7. The molecular formula is C26H40ClFN4O5. The van der Waals surface area contributed by atoms with Gasteiger partial charge in [-0.2, -0.15) is 5.06 Å². The Morgan fingerprint density at radius 1 is 1.27 bits per heavy atom. The van der Waals surface area contributed by atoms with Gasteiger partial charge in [0.1, 0.15) is 11.9 Å². The van der Waals surface area contributed by atoms with E-state index in [1.165, 1.54) is 30.7 Å². The van der Waals surface area contributed by atoms with Crippen LogP contribution in [0.1, 0.15) is 63.5 Å². The summed E-state index contributed by atoms with van der Waals surface area (Å²) in [6.07, 6.45) is 5.27. The van der Waals surface area contributed by atoms with E-state index >= 15 is 0 Å². The fourth-order valence-electron chi connectivity index (χ4n) is 5.10. The maximum absolute atomic E-state index is 14.2. The number of carbonyl (C=O) groups excluding carboxylic acids is 2. The van der Waals surface area contributed by atoms with Crippen molar-refractivity contribution in [3.05, 3.63) is 34.6 Å². The highest BCUT2D eigenvalue weighted by Crippen LogP contribution is 2.35. The van der Waals surface area contributed by atoms with Gasteiger partial charge in [-0.25, -0.2) is 19.8 Å². The average molecular weight is 543 g/mol. The van der Waals surface area contributed by atoms with Crippen LogP contribution in [0.25, 0.3) is 0 Å². The van der Waals surface area contributed by atoms with Crippen molar-refractivity contribution in [2.24, 2.45) is 17.7 Å². The molecule has 2 N–H and O–H groups in total. The van der Waals surface area contributed by atoms with E-state index in [1.54, 1.807) is 17.9 Å². The summed E-state index contributed by atoms with van der Waals surface area (Å²) in [5.74, 6) is 5.96. The summed E-state index contributed by atoms with van der Waals surface area (Å²) in [5.41, 5.74) is 0.488. The van der Waals surface area contributed by atoms with Crippen LogP contribution in [-0.2, 0) is 14.3 Å². The molecule has 1 aromatic carbocycles. The van der Waals surface area contributed by atoms with Gasteiger partial charge >= 0.3 is 12.1 Å². The van der Waals surface area contributed by atoms with Gasteiger partial charge in [-0.1, -0.05) is 18.0 Å². The molecule has 2 aliphatic rings. The molecule has 2 heterocycles. The van der Waals surface area contributed by atoms with Crippen LogP contribution in [0.2, 0.25) is 5.02 Å². The molecule has 0 radical (unpaired) electrons. The highest BCUT2D eigenvalue weighted by atomic mass is 35.5. The van der Waals surface area contributed by atoms with Gasteiger partial charge in [0.15, 0.2) is 0 Å². The zero-order chi connectivity index (χ0) is 26.8. The minimum Gasteiger partial charge on any atom is -0.451 e. The van der Waals surface area contributed by atoms with E-state index in [2.05, 4.69) is 0 Å². The predicted molar refractivity (Wildman–Crippen MR) is 138 cm³/mol. The quantitative estimate of drug-likeness (QED) is 0.263. The molecule has 0 saturated carbocycles. The minimum absolute atomic E-state index is 0.217. The normalized spacial score (nSPS) is 21.2. The Bertz CT molecular complexity index is 866. The molecule has 11 heteroatoms. The number of nitrogens with zero attached hydrogens (tertiary/aromatic N) is 3. The molecule has 2 unspecified atom stereocenters. The fraction of sp³-hybridized carbons (Fsp3) is 0.692. The molecule has 2 saturated heterocycles. The highest BCUT2D eigenvalue weighted by molar-refractivity contribution is 6.30. The number of rotatable bonds is 9. The molecule has 3 amide bonds. The Morgan fingerprint density at radius 2 is 2.08 bits per heavy atom. The average Bonchev–Trinajstić information content (AvgIpc) is 3.17. The predicted octanol–water partition coefficient (Wildman–Crippen LogP) is 5.14. The van der Waals surface area contributed by atoms with Crippen molar-refractivity contribution < 1.29 is 28.3 Å². The number of nitrogens with two attached hydrogens (primary N) is 1. The Morgan fingerprint density at radius 3 is 2.81 bits per heavy atom. The number of urea groups is 1. The van der Waals surface area contributed by atoms with E-state index in [1.807, 2.05) is 0 Å². The Kier molecular flexibility index (Phi) is 11.7. The summed E-state index contributed by atoms with van der Waals surface area (Å²) in [6, 6.07) is 3.92. The number of halogens is 2. The summed E-state index contributed by atoms with van der Waals surface area (Å²) in [7, 11) is 1.27. The van der Waals surface area contributed by atoms with Crippen LogP contribution in [0.15, 0.2) is 18.2 Å². The first-order chi connectivity index (χ1) is 17.8. The number of piperidine rings is 1. The van der Waals surface area contributed by atoms with E-state index < -0.39 is 18.0 Å². The van der Waals surface area contributed by atoms with Crippen molar-refractivity contribution in [1.29, 1.82) is 0 Å². The second-order valence-electron chi connectivity index (χ2n) is 9.80. The first-order valence-corrected chi connectivity index (χ1v) is 13.6. The van der Waals surface area contributed by atoms with Crippen LogP contribution in [-0.4, -0.2) is 73.6 Å². The number of amides is 3. The summed E-state index contributed by atoms with van der Waals surface area (Å²) in [5, 5.41) is 2.60. The van der Waals surface area contributed by atoms with Crippen molar-refractivity contribution in [3.8, 4) is 0 Å². The minimum atomic E-state index is -0.718. The summed E-state index contributed by atoms with van der Waals surface area (Å²) in [4.78, 5) is 33.1. The monoisotopic (exact) mass is 542 g/mol. The first-order valence-electron chi connectivity index (χ1n) is 13.2. The molecule has 3 atom stereocenters. The largest absolute Gasteiger partial charge is 0.451 e. The number of carbonyl (C=O) groups is 2. The van der Waals surface area contributed by atoms with Crippen molar-refractivity contribution >= 4 is 23.7 Å². The van der Waals surface area contributed by atoms with Crippen LogP contribution in [0.4, 0.5) is 14.0 Å². The summed E-state index contributed by atoms with van der Waals surface area (Å²) in [6.45, 7) is 4.95.